The quantitative estimate of drug-likeness (QED) is 0.846. The number of likely N-dealkylation sites (tertiary alicyclic amines) is 1. The Labute approximate surface area is 129 Å². The largest absolute Gasteiger partial charge is 0.389 e. The summed E-state index contributed by atoms with van der Waals surface area (Å²) in [7, 11) is 0. The van der Waals surface area contributed by atoms with Crippen LogP contribution in [0.1, 0.15) is 46.1 Å². The highest BCUT2D eigenvalue weighted by Crippen LogP contribution is 2.43. The lowest BCUT2D eigenvalue weighted by molar-refractivity contribution is -0.0776. The molecule has 1 fully saturated rings. The number of rotatable bonds is 4. The summed E-state index contributed by atoms with van der Waals surface area (Å²) in [5.41, 5.74) is 1.47. The molecule has 2 nitrogen and oxygen atoms in total. The summed E-state index contributed by atoms with van der Waals surface area (Å²) >= 11 is 0. The van der Waals surface area contributed by atoms with E-state index in [-0.39, 0.29) is 11.1 Å². The fourth-order valence-corrected chi connectivity index (χ4v) is 4.02. The highest BCUT2D eigenvalue weighted by molar-refractivity contribution is 5.16. The van der Waals surface area contributed by atoms with Gasteiger partial charge >= 0.3 is 0 Å². The van der Waals surface area contributed by atoms with Crippen LogP contribution in [0.5, 0.6) is 0 Å². The molecule has 1 aliphatic rings. The van der Waals surface area contributed by atoms with E-state index in [0.29, 0.717) is 5.92 Å². The molecule has 1 N–H and O–H groups in total. The van der Waals surface area contributed by atoms with E-state index in [1.165, 1.54) is 5.56 Å². The van der Waals surface area contributed by atoms with Crippen LogP contribution in [-0.2, 0) is 6.54 Å². The van der Waals surface area contributed by atoms with Crippen molar-refractivity contribution in [2.75, 3.05) is 0 Å². The molecule has 21 heavy (non-hydrogen) atoms. The lowest BCUT2D eigenvalue weighted by atomic mass is 9.71. The van der Waals surface area contributed by atoms with E-state index in [2.05, 4.69) is 69.5 Å². The lowest BCUT2D eigenvalue weighted by Gasteiger charge is -2.56. The molecule has 2 heteroatoms. The van der Waals surface area contributed by atoms with Crippen LogP contribution in [0, 0.1) is 5.92 Å². The maximum Gasteiger partial charge on any atom is 0.0747 e. The normalized spacial score (nSPS) is 23.7. The van der Waals surface area contributed by atoms with Crippen molar-refractivity contribution < 1.29 is 5.11 Å². The minimum absolute atomic E-state index is 0.0618. The van der Waals surface area contributed by atoms with Crippen molar-refractivity contribution in [2.24, 2.45) is 5.92 Å². The van der Waals surface area contributed by atoms with Gasteiger partial charge < -0.3 is 5.11 Å². The molecule has 0 amide bonds. The van der Waals surface area contributed by atoms with Gasteiger partial charge in [0, 0.05) is 17.6 Å². The maximum atomic E-state index is 10.2. The summed E-state index contributed by atoms with van der Waals surface area (Å²) in [4.78, 5) is 2.58. The van der Waals surface area contributed by atoms with Crippen LogP contribution >= 0.6 is 0 Å². The molecule has 1 atom stereocenters. The van der Waals surface area contributed by atoms with Gasteiger partial charge in [0.05, 0.1) is 6.10 Å². The molecule has 0 aliphatic carbocycles. The van der Waals surface area contributed by atoms with Crippen LogP contribution in [-0.4, -0.2) is 27.2 Å². The molecule has 0 saturated carbocycles. The Bertz CT molecular complexity index is 460. The Kier molecular flexibility index (Phi) is 4.60. The fourth-order valence-electron chi connectivity index (χ4n) is 4.02. The number of aliphatic hydroxyl groups is 1. The summed E-state index contributed by atoms with van der Waals surface area (Å²) in [6.07, 6.45) is 3.28. The minimum Gasteiger partial charge on any atom is -0.389 e. The Morgan fingerprint density at radius 1 is 1.19 bits per heavy atom. The summed E-state index contributed by atoms with van der Waals surface area (Å²) in [5.74, 6) is 0.291. The van der Waals surface area contributed by atoms with Gasteiger partial charge in [0.2, 0.25) is 0 Å². The molecule has 116 valence electrons. The van der Waals surface area contributed by atoms with Crippen molar-refractivity contribution in [3.8, 4) is 0 Å². The van der Waals surface area contributed by atoms with Gasteiger partial charge in [-0.1, -0.05) is 36.4 Å². The number of nitrogens with zero attached hydrogens (tertiary/aromatic N) is 1. The van der Waals surface area contributed by atoms with Crippen molar-refractivity contribution in [3.05, 3.63) is 48.6 Å². The number of piperidine rings is 1. The highest BCUT2D eigenvalue weighted by atomic mass is 16.3. The molecule has 2 rings (SSSR count). The summed E-state index contributed by atoms with van der Waals surface area (Å²) < 4.78 is 0. The molecule has 1 saturated heterocycles. The fraction of sp³-hybridized carbons (Fsp3) is 0.579. The Balaban J connectivity index is 2.23. The van der Waals surface area contributed by atoms with Crippen LogP contribution in [0.15, 0.2) is 43.0 Å². The van der Waals surface area contributed by atoms with Gasteiger partial charge in [-0.2, -0.15) is 0 Å². The van der Waals surface area contributed by atoms with Gasteiger partial charge in [-0.15, -0.1) is 6.58 Å². The van der Waals surface area contributed by atoms with E-state index in [1.807, 2.05) is 0 Å². The van der Waals surface area contributed by atoms with Crippen LogP contribution in [0.3, 0.4) is 0 Å². The molecule has 1 heterocycles. The molecule has 0 radical (unpaired) electrons. The molecule has 1 unspecified atom stereocenters. The zero-order valence-corrected chi connectivity index (χ0v) is 13.8. The zero-order chi connectivity index (χ0) is 15.7. The van der Waals surface area contributed by atoms with Crippen LogP contribution in [0.4, 0.5) is 0 Å². The third-order valence-corrected chi connectivity index (χ3v) is 4.89. The first-order chi connectivity index (χ1) is 9.76. The number of hydrogen-bond donors (Lipinski definition) is 1. The van der Waals surface area contributed by atoms with Crippen molar-refractivity contribution in [1.29, 1.82) is 0 Å². The summed E-state index contributed by atoms with van der Waals surface area (Å²) in [6.45, 7) is 13.9. The maximum absolute atomic E-state index is 10.2. The lowest BCUT2D eigenvalue weighted by Crippen LogP contribution is -2.61. The van der Waals surface area contributed by atoms with Crippen molar-refractivity contribution in [3.63, 3.8) is 0 Å². The van der Waals surface area contributed by atoms with E-state index >= 15 is 0 Å². The van der Waals surface area contributed by atoms with E-state index in [9.17, 15) is 5.11 Å². The van der Waals surface area contributed by atoms with Crippen molar-refractivity contribution >= 4 is 0 Å². The van der Waals surface area contributed by atoms with Gasteiger partial charge in [-0.25, -0.2) is 0 Å². The third-order valence-electron chi connectivity index (χ3n) is 4.89. The zero-order valence-electron chi connectivity index (χ0n) is 13.8. The standard InChI is InChI=1S/C19H29NO/c1-6-17(21)16-12-18(2,3)20(19(4,5)13-16)14-15-10-8-7-9-11-15/h6-11,16-17,21H,1,12-14H2,2-5H3. The van der Waals surface area contributed by atoms with Gasteiger partial charge in [-0.05, 0) is 52.0 Å². The average molecular weight is 287 g/mol. The van der Waals surface area contributed by atoms with E-state index in [4.69, 9.17) is 0 Å². The molecular weight excluding hydrogens is 258 g/mol. The predicted octanol–water partition coefficient (Wildman–Crippen LogP) is 4.00. The van der Waals surface area contributed by atoms with Crippen LogP contribution in [0.2, 0.25) is 0 Å². The summed E-state index contributed by atoms with van der Waals surface area (Å²) in [5, 5.41) is 10.2. The predicted molar refractivity (Wildman–Crippen MR) is 89.1 cm³/mol. The second kappa shape index (κ2) is 5.94. The second-order valence-electron chi connectivity index (χ2n) is 7.59. The first-order valence-electron chi connectivity index (χ1n) is 7.88. The van der Waals surface area contributed by atoms with Gasteiger partial charge in [0.1, 0.15) is 0 Å². The molecule has 0 aromatic heterocycles. The van der Waals surface area contributed by atoms with Gasteiger partial charge in [0.25, 0.3) is 0 Å². The molecule has 0 spiro atoms. The molecule has 0 bridgehead atoms. The second-order valence-corrected chi connectivity index (χ2v) is 7.59. The molecule has 1 aliphatic heterocycles. The smallest absolute Gasteiger partial charge is 0.0747 e. The molecule has 1 aromatic carbocycles. The number of benzene rings is 1. The van der Waals surface area contributed by atoms with Crippen molar-refractivity contribution in [1.82, 2.24) is 4.90 Å². The number of hydrogen-bond acceptors (Lipinski definition) is 2. The molecule has 1 aromatic rings. The first-order valence-corrected chi connectivity index (χ1v) is 7.88. The molecular formula is C19H29NO. The Morgan fingerprint density at radius 3 is 2.19 bits per heavy atom. The average Bonchev–Trinajstić information content (AvgIpc) is 2.42. The van der Waals surface area contributed by atoms with E-state index in [1.54, 1.807) is 6.08 Å². The SMILES string of the molecule is C=CC(O)C1CC(C)(C)N(Cc2ccccc2)C(C)(C)C1. The monoisotopic (exact) mass is 287 g/mol. The Hall–Kier alpha value is -1.12. The van der Waals surface area contributed by atoms with Gasteiger partial charge in [-0.3, -0.25) is 4.90 Å². The summed E-state index contributed by atoms with van der Waals surface area (Å²) in [6, 6.07) is 10.6. The van der Waals surface area contributed by atoms with Crippen molar-refractivity contribution in [2.45, 2.75) is 64.3 Å². The first kappa shape index (κ1) is 16.3. The third kappa shape index (κ3) is 3.56. The highest BCUT2D eigenvalue weighted by Gasteiger charge is 2.46. The topological polar surface area (TPSA) is 23.5 Å². The van der Waals surface area contributed by atoms with E-state index in [0.717, 1.165) is 19.4 Å². The van der Waals surface area contributed by atoms with E-state index < -0.39 is 6.10 Å². The Morgan fingerprint density at radius 2 is 1.71 bits per heavy atom. The number of aliphatic hydroxyl groups excluding tert-OH is 1. The van der Waals surface area contributed by atoms with Crippen LogP contribution < -0.4 is 0 Å². The van der Waals surface area contributed by atoms with Crippen LogP contribution in [0.25, 0.3) is 0 Å². The van der Waals surface area contributed by atoms with Gasteiger partial charge in [0.15, 0.2) is 0 Å². The minimum atomic E-state index is -0.401.